The van der Waals surface area contributed by atoms with E-state index in [9.17, 15) is 9.59 Å². The van der Waals surface area contributed by atoms with Gasteiger partial charge in [0.15, 0.2) is 5.43 Å². The number of aromatic nitrogens is 1. The first-order valence-electron chi connectivity index (χ1n) is 4.43. The highest BCUT2D eigenvalue weighted by Gasteiger charge is 2.04. The van der Waals surface area contributed by atoms with Gasteiger partial charge in [0.2, 0.25) is 5.91 Å². The van der Waals surface area contributed by atoms with Gasteiger partial charge in [0.1, 0.15) is 6.54 Å². The average molecular weight is 194 g/mol. The molecule has 0 fully saturated rings. The number of carbonyl (C=O) groups is 1. The van der Waals surface area contributed by atoms with Crippen LogP contribution in [0, 0.1) is 13.8 Å². The second-order valence-electron chi connectivity index (χ2n) is 3.23. The zero-order chi connectivity index (χ0) is 10.7. The molecule has 0 aliphatic rings. The fourth-order valence-corrected chi connectivity index (χ4v) is 1.36. The summed E-state index contributed by atoms with van der Waals surface area (Å²) in [6, 6.07) is 3.05. The zero-order valence-electron chi connectivity index (χ0n) is 8.63. The minimum Gasteiger partial charge on any atom is -0.358 e. The van der Waals surface area contributed by atoms with Crippen LogP contribution in [0.1, 0.15) is 11.4 Å². The van der Waals surface area contributed by atoms with Gasteiger partial charge in [-0.25, -0.2) is 0 Å². The Morgan fingerprint density at radius 2 is 1.86 bits per heavy atom. The van der Waals surface area contributed by atoms with Crippen LogP contribution in [-0.2, 0) is 11.3 Å². The number of nitrogens with one attached hydrogen (secondary N) is 1. The molecule has 0 saturated heterocycles. The zero-order valence-corrected chi connectivity index (χ0v) is 8.63. The first-order valence-corrected chi connectivity index (χ1v) is 4.43. The van der Waals surface area contributed by atoms with E-state index < -0.39 is 0 Å². The molecule has 0 aromatic carbocycles. The molecule has 1 aromatic heterocycles. The minimum atomic E-state index is -0.0696. The van der Waals surface area contributed by atoms with Crippen LogP contribution in [0.15, 0.2) is 16.9 Å². The maximum atomic E-state index is 11.2. The first-order chi connectivity index (χ1) is 6.54. The molecule has 1 heterocycles. The van der Waals surface area contributed by atoms with Crippen LogP contribution in [0.4, 0.5) is 0 Å². The molecule has 0 unspecified atom stereocenters. The van der Waals surface area contributed by atoms with Crippen molar-refractivity contribution in [2.24, 2.45) is 0 Å². The molecule has 0 radical (unpaired) electrons. The van der Waals surface area contributed by atoms with Crippen molar-refractivity contribution < 1.29 is 4.79 Å². The summed E-state index contributed by atoms with van der Waals surface area (Å²) >= 11 is 0. The van der Waals surface area contributed by atoms with Gasteiger partial charge in [0.25, 0.3) is 0 Å². The van der Waals surface area contributed by atoms with E-state index in [0.717, 1.165) is 11.4 Å². The summed E-state index contributed by atoms with van der Waals surface area (Å²) in [6.45, 7) is 3.89. The predicted molar refractivity (Wildman–Crippen MR) is 54.2 cm³/mol. The van der Waals surface area contributed by atoms with E-state index >= 15 is 0 Å². The van der Waals surface area contributed by atoms with Crippen molar-refractivity contribution in [1.82, 2.24) is 9.88 Å². The highest BCUT2D eigenvalue weighted by Crippen LogP contribution is 2.00. The van der Waals surface area contributed by atoms with E-state index in [0.29, 0.717) is 0 Å². The van der Waals surface area contributed by atoms with E-state index in [1.54, 1.807) is 11.6 Å². The van der Waals surface area contributed by atoms with Gasteiger partial charge in [0, 0.05) is 30.6 Å². The van der Waals surface area contributed by atoms with Gasteiger partial charge in [-0.05, 0) is 13.8 Å². The number of rotatable bonds is 2. The third-order valence-corrected chi connectivity index (χ3v) is 2.13. The Hall–Kier alpha value is -1.58. The van der Waals surface area contributed by atoms with Crippen LogP contribution in [0.5, 0.6) is 0 Å². The molecule has 1 N–H and O–H groups in total. The summed E-state index contributed by atoms with van der Waals surface area (Å²) in [7, 11) is 1.59. The molecule has 0 atom stereocenters. The molecule has 1 amide bonds. The molecule has 0 bridgehead atoms. The summed E-state index contributed by atoms with van der Waals surface area (Å²) in [5, 5.41) is 2.54. The second-order valence-corrected chi connectivity index (χ2v) is 3.23. The topological polar surface area (TPSA) is 51.1 Å². The standard InChI is InChI=1S/C10H14N2O2/c1-7-4-9(13)5-8(2)12(7)6-10(14)11-3/h4-5H,6H2,1-3H3,(H,11,14). The van der Waals surface area contributed by atoms with E-state index in [4.69, 9.17) is 0 Å². The number of hydrogen-bond donors (Lipinski definition) is 1. The SMILES string of the molecule is CNC(=O)Cn1c(C)cc(=O)cc1C. The van der Waals surface area contributed by atoms with E-state index in [-0.39, 0.29) is 17.9 Å². The maximum Gasteiger partial charge on any atom is 0.239 e. The monoisotopic (exact) mass is 194 g/mol. The van der Waals surface area contributed by atoms with Crippen LogP contribution in [0.25, 0.3) is 0 Å². The molecule has 4 heteroatoms. The largest absolute Gasteiger partial charge is 0.358 e. The van der Waals surface area contributed by atoms with Crippen LogP contribution in [0.3, 0.4) is 0 Å². The summed E-state index contributed by atoms with van der Waals surface area (Å²) in [4.78, 5) is 22.3. The van der Waals surface area contributed by atoms with Crippen molar-refractivity contribution in [2.75, 3.05) is 7.05 Å². The van der Waals surface area contributed by atoms with Gasteiger partial charge in [-0.2, -0.15) is 0 Å². The Balaban J connectivity index is 3.09. The molecule has 0 spiro atoms. The fourth-order valence-electron chi connectivity index (χ4n) is 1.36. The minimum absolute atomic E-state index is 0.0202. The highest BCUT2D eigenvalue weighted by atomic mass is 16.1. The lowest BCUT2D eigenvalue weighted by Gasteiger charge is -2.12. The summed E-state index contributed by atoms with van der Waals surface area (Å²) in [5.74, 6) is -0.0696. The molecule has 76 valence electrons. The number of hydrogen-bond acceptors (Lipinski definition) is 2. The highest BCUT2D eigenvalue weighted by molar-refractivity contribution is 5.75. The smallest absolute Gasteiger partial charge is 0.239 e. The molecule has 0 aliphatic carbocycles. The van der Waals surface area contributed by atoms with Gasteiger partial charge in [-0.1, -0.05) is 0 Å². The molecular formula is C10H14N2O2. The first kappa shape index (κ1) is 10.5. The van der Waals surface area contributed by atoms with Crippen molar-refractivity contribution in [3.05, 3.63) is 33.7 Å². The van der Waals surface area contributed by atoms with E-state index in [1.165, 1.54) is 12.1 Å². The molecule has 14 heavy (non-hydrogen) atoms. The molecule has 4 nitrogen and oxygen atoms in total. The van der Waals surface area contributed by atoms with Crippen molar-refractivity contribution in [3.8, 4) is 0 Å². The summed E-state index contributed by atoms with van der Waals surface area (Å²) in [5.41, 5.74) is 1.59. The molecular weight excluding hydrogens is 180 g/mol. The molecule has 0 aliphatic heterocycles. The van der Waals surface area contributed by atoms with Gasteiger partial charge in [0.05, 0.1) is 0 Å². The number of nitrogens with zero attached hydrogens (tertiary/aromatic N) is 1. The quantitative estimate of drug-likeness (QED) is 0.731. The van der Waals surface area contributed by atoms with Crippen molar-refractivity contribution in [2.45, 2.75) is 20.4 Å². The summed E-state index contributed by atoms with van der Waals surface area (Å²) < 4.78 is 1.81. The van der Waals surface area contributed by atoms with Crippen molar-refractivity contribution in [1.29, 1.82) is 0 Å². The van der Waals surface area contributed by atoms with Gasteiger partial charge in [-0.3, -0.25) is 9.59 Å². The molecule has 1 aromatic rings. The Morgan fingerprint density at radius 3 is 2.29 bits per heavy atom. The van der Waals surface area contributed by atoms with Crippen LogP contribution in [0.2, 0.25) is 0 Å². The Labute approximate surface area is 82.6 Å². The third kappa shape index (κ3) is 2.22. The van der Waals surface area contributed by atoms with Crippen LogP contribution < -0.4 is 10.7 Å². The number of amides is 1. The number of pyridine rings is 1. The van der Waals surface area contributed by atoms with Gasteiger partial charge in [-0.15, -0.1) is 0 Å². The third-order valence-electron chi connectivity index (χ3n) is 2.13. The second kappa shape index (κ2) is 4.09. The maximum absolute atomic E-state index is 11.2. The number of aryl methyl sites for hydroxylation is 2. The Morgan fingerprint density at radius 1 is 1.36 bits per heavy atom. The molecule has 0 saturated carbocycles. The van der Waals surface area contributed by atoms with Crippen molar-refractivity contribution >= 4 is 5.91 Å². The lowest BCUT2D eigenvalue weighted by Crippen LogP contribution is -2.26. The van der Waals surface area contributed by atoms with E-state index in [2.05, 4.69) is 5.32 Å². The van der Waals surface area contributed by atoms with Gasteiger partial charge >= 0.3 is 0 Å². The predicted octanol–water partition coefficient (Wildman–Crippen LogP) is 0.211. The Kier molecular flexibility index (Phi) is 3.06. The lowest BCUT2D eigenvalue weighted by atomic mass is 10.3. The number of likely N-dealkylation sites (N-methyl/N-ethyl adjacent to an activating group) is 1. The normalized spacial score (nSPS) is 9.93. The van der Waals surface area contributed by atoms with Crippen LogP contribution >= 0.6 is 0 Å². The van der Waals surface area contributed by atoms with E-state index in [1.807, 2.05) is 13.8 Å². The molecule has 1 rings (SSSR count). The van der Waals surface area contributed by atoms with Gasteiger partial charge < -0.3 is 9.88 Å². The average Bonchev–Trinajstić information content (AvgIpc) is 2.10. The summed E-state index contributed by atoms with van der Waals surface area (Å²) in [6.07, 6.45) is 0. The van der Waals surface area contributed by atoms with Crippen molar-refractivity contribution in [3.63, 3.8) is 0 Å². The Bertz CT molecular complexity index is 381. The van der Waals surface area contributed by atoms with Crippen LogP contribution in [-0.4, -0.2) is 17.5 Å². The fraction of sp³-hybridized carbons (Fsp3) is 0.400. The lowest BCUT2D eigenvalue weighted by molar-refractivity contribution is -0.121. The number of carbonyl (C=O) groups excluding carboxylic acids is 1.